The largest absolute Gasteiger partial charge is 0.547 e. The lowest BCUT2D eigenvalue weighted by Crippen LogP contribution is -2.53. The Kier molecular flexibility index (Phi) is 5.25. The van der Waals surface area contributed by atoms with Crippen LogP contribution in [0.5, 0.6) is 5.75 Å². The molecule has 3 rings (SSSR count). The van der Waals surface area contributed by atoms with Crippen molar-refractivity contribution in [1.82, 2.24) is 10.6 Å². The first-order chi connectivity index (χ1) is 12.5. The van der Waals surface area contributed by atoms with Gasteiger partial charge in [0.15, 0.2) is 0 Å². The lowest BCUT2D eigenvalue weighted by atomic mass is 9.72. The maximum Gasteiger partial charge on any atom is 0.547 e. The van der Waals surface area contributed by atoms with Crippen molar-refractivity contribution in [2.75, 3.05) is 7.05 Å². The third-order valence-electron chi connectivity index (χ3n) is 4.24. The Hall–Kier alpha value is -2.84. The molecule has 2 aromatic carbocycles. The summed E-state index contributed by atoms with van der Waals surface area (Å²) in [7, 11) is 0.498. The van der Waals surface area contributed by atoms with Gasteiger partial charge in [0.25, 0.3) is 5.91 Å². The average molecular weight is 354 g/mol. The van der Waals surface area contributed by atoms with Crippen molar-refractivity contribution in [1.29, 1.82) is 0 Å². The quantitative estimate of drug-likeness (QED) is 0.593. The van der Waals surface area contributed by atoms with Crippen LogP contribution in [-0.2, 0) is 13.0 Å². The monoisotopic (exact) mass is 354 g/mol. The molecule has 1 aliphatic heterocycles. The Morgan fingerprint density at radius 2 is 2.04 bits per heavy atom. The molecule has 0 saturated heterocycles. The van der Waals surface area contributed by atoms with Gasteiger partial charge < -0.3 is 25.4 Å². The highest BCUT2D eigenvalue weighted by atomic mass is 16.5. The van der Waals surface area contributed by atoms with Crippen molar-refractivity contribution < 1.29 is 24.4 Å². The standard InChI is InChI=1S/C18H19BN2O5/c1-20-10-11-4-2-6-13(8-11)17(22)21-15-9-12-5-3-7-14(18(23)24)16(12)26-19(15)25/h2-8,15,20,25H,9-10H2,1H3,(H,21,22)(H,23,24)/t15-/m0/s1. The number of aromatic carboxylic acids is 1. The molecule has 0 spiro atoms. The molecular weight excluding hydrogens is 335 g/mol. The molecule has 7 nitrogen and oxygen atoms in total. The summed E-state index contributed by atoms with van der Waals surface area (Å²) in [6.45, 7) is 0.641. The first-order valence-corrected chi connectivity index (χ1v) is 8.24. The van der Waals surface area contributed by atoms with Crippen LogP contribution in [0.25, 0.3) is 0 Å². The van der Waals surface area contributed by atoms with Gasteiger partial charge in [-0.3, -0.25) is 4.79 Å². The summed E-state index contributed by atoms with van der Waals surface area (Å²) in [5.74, 6) is -1.98. The van der Waals surface area contributed by atoms with Gasteiger partial charge in [-0.1, -0.05) is 24.3 Å². The van der Waals surface area contributed by atoms with Gasteiger partial charge in [-0.15, -0.1) is 0 Å². The zero-order valence-corrected chi connectivity index (χ0v) is 14.2. The smallest absolute Gasteiger partial charge is 0.534 e. The summed E-state index contributed by atoms with van der Waals surface area (Å²) >= 11 is 0. The number of carboxylic acid groups (broad SMARTS) is 1. The van der Waals surface area contributed by atoms with Crippen LogP contribution in [0.15, 0.2) is 42.5 Å². The normalized spacial score (nSPS) is 15.8. The molecule has 0 unspecified atom stereocenters. The number of hydrogen-bond donors (Lipinski definition) is 4. The van der Waals surface area contributed by atoms with E-state index in [0.717, 1.165) is 5.56 Å². The van der Waals surface area contributed by atoms with E-state index in [-0.39, 0.29) is 23.6 Å². The van der Waals surface area contributed by atoms with Crippen molar-refractivity contribution >= 4 is 19.0 Å². The van der Waals surface area contributed by atoms with E-state index in [2.05, 4.69) is 10.6 Å². The molecule has 0 fully saturated rings. The molecule has 1 aliphatic rings. The topological polar surface area (TPSA) is 108 Å². The zero-order chi connectivity index (χ0) is 18.7. The summed E-state index contributed by atoms with van der Waals surface area (Å²) in [5, 5.41) is 25.2. The predicted octanol–water partition coefficient (Wildman–Crippen LogP) is 0.857. The Labute approximate surface area is 151 Å². The number of rotatable bonds is 5. The minimum absolute atomic E-state index is 0.00825. The maximum atomic E-state index is 12.5. The van der Waals surface area contributed by atoms with Crippen LogP contribution >= 0.6 is 0 Å². The molecule has 0 bridgehead atoms. The summed E-state index contributed by atoms with van der Waals surface area (Å²) in [6, 6.07) is 11.9. The molecule has 0 saturated carbocycles. The molecule has 0 aromatic heterocycles. The first-order valence-electron chi connectivity index (χ1n) is 8.24. The van der Waals surface area contributed by atoms with Crippen molar-refractivity contribution in [2.45, 2.75) is 18.9 Å². The highest BCUT2D eigenvalue weighted by molar-refractivity contribution is 6.47. The van der Waals surface area contributed by atoms with Crippen molar-refractivity contribution in [3.8, 4) is 5.75 Å². The number of carboxylic acids is 1. The van der Waals surface area contributed by atoms with Crippen LogP contribution in [0.2, 0.25) is 0 Å². The fraction of sp³-hybridized carbons (Fsp3) is 0.222. The van der Waals surface area contributed by atoms with Crippen LogP contribution in [0.4, 0.5) is 0 Å². The van der Waals surface area contributed by atoms with Gasteiger partial charge in [-0.2, -0.15) is 0 Å². The summed E-state index contributed by atoms with van der Waals surface area (Å²) < 4.78 is 5.39. The number of nitrogens with one attached hydrogen (secondary N) is 2. The van der Waals surface area contributed by atoms with E-state index in [4.69, 9.17) is 4.65 Å². The average Bonchev–Trinajstić information content (AvgIpc) is 2.62. The molecule has 8 heteroatoms. The van der Waals surface area contributed by atoms with Crippen molar-refractivity contribution in [2.24, 2.45) is 0 Å². The Balaban J connectivity index is 1.77. The first kappa shape index (κ1) is 18.0. The van der Waals surface area contributed by atoms with Crippen molar-refractivity contribution in [3.63, 3.8) is 0 Å². The second-order valence-electron chi connectivity index (χ2n) is 6.12. The van der Waals surface area contributed by atoms with Gasteiger partial charge in [0.05, 0.1) is 11.5 Å². The minimum Gasteiger partial charge on any atom is -0.534 e. The summed E-state index contributed by atoms with van der Waals surface area (Å²) in [4.78, 5) is 23.8. The molecule has 134 valence electrons. The number of carbonyl (C=O) groups is 2. The van der Waals surface area contributed by atoms with E-state index in [1.54, 1.807) is 30.3 Å². The molecular formula is C18H19BN2O5. The number of amides is 1. The lowest BCUT2D eigenvalue weighted by molar-refractivity contribution is 0.0693. The van der Waals surface area contributed by atoms with E-state index in [1.165, 1.54) is 6.07 Å². The molecule has 0 aliphatic carbocycles. The Bertz CT molecular complexity index is 842. The van der Waals surface area contributed by atoms with Crippen LogP contribution in [-0.4, -0.2) is 42.1 Å². The SMILES string of the molecule is CNCc1cccc(C(=O)N[C@H]2Cc3cccc(C(=O)O)c3OB2O)c1. The van der Waals surface area contributed by atoms with Crippen molar-refractivity contribution in [3.05, 3.63) is 64.7 Å². The minimum atomic E-state index is -1.33. The molecule has 2 aromatic rings. The molecule has 1 heterocycles. The number of benzene rings is 2. The van der Waals surface area contributed by atoms with E-state index < -0.39 is 19.0 Å². The summed E-state index contributed by atoms with van der Waals surface area (Å²) in [6.07, 6.45) is 0.277. The van der Waals surface area contributed by atoms with E-state index >= 15 is 0 Å². The Morgan fingerprint density at radius 1 is 1.27 bits per heavy atom. The number of hydrogen-bond acceptors (Lipinski definition) is 5. The lowest BCUT2D eigenvalue weighted by Gasteiger charge is -2.28. The van der Waals surface area contributed by atoms with Gasteiger partial charge in [-0.25, -0.2) is 4.79 Å². The maximum absolute atomic E-state index is 12.5. The second kappa shape index (κ2) is 7.59. The fourth-order valence-electron chi connectivity index (χ4n) is 2.99. The predicted molar refractivity (Wildman–Crippen MR) is 96.2 cm³/mol. The number of para-hydroxylation sites is 1. The second-order valence-corrected chi connectivity index (χ2v) is 6.12. The van der Waals surface area contributed by atoms with Gasteiger partial charge in [0.2, 0.25) is 0 Å². The summed E-state index contributed by atoms with van der Waals surface area (Å²) in [5.41, 5.74) is 2.07. The Morgan fingerprint density at radius 3 is 2.77 bits per heavy atom. The molecule has 0 radical (unpaired) electrons. The van der Waals surface area contributed by atoms with Crippen LogP contribution < -0.4 is 15.3 Å². The van der Waals surface area contributed by atoms with Gasteiger partial charge in [0, 0.05) is 12.1 Å². The van der Waals surface area contributed by atoms with Gasteiger partial charge >= 0.3 is 13.1 Å². The van der Waals surface area contributed by atoms with Gasteiger partial charge in [-0.05, 0) is 42.8 Å². The third-order valence-corrected chi connectivity index (χ3v) is 4.24. The third kappa shape index (κ3) is 3.71. The number of carbonyl (C=O) groups excluding carboxylic acids is 1. The van der Waals surface area contributed by atoms with Crippen LogP contribution in [0.1, 0.15) is 31.8 Å². The zero-order valence-electron chi connectivity index (χ0n) is 14.2. The van der Waals surface area contributed by atoms with Crippen LogP contribution in [0, 0.1) is 0 Å². The van der Waals surface area contributed by atoms with Crippen LogP contribution in [0.3, 0.4) is 0 Å². The van der Waals surface area contributed by atoms with E-state index in [0.29, 0.717) is 17.7 Å². The molecule has 26 heavy (non-hydrogen) atoms. The van der Waals surface area contributed by atoms with E-state index in [1.807, 2.05) is 13.1 Å². The fourth-order valence-corrected chi connectivity index (χ4v) is 2.99. The molecule has 1 atom stereocenters. The molecule has 4 N–H and O–H groups in total. The van der Waals surface area contributed by atoms with E-state index in [9.17, 15) is 19.7 Å². The molecule has 1 amide bonds. The highest BCUT2D eigenvalue weighted by Gasteiger charge is 2.37. The number of fused-ring (bicyclic) bond motifs is 1. The highest BCUT2D eigenvalue weighted by Crippen LogP contribution is 2.30. The van der Waals surface area contributed by atoms with Gasteiger partial charge in [0.1, 0.15) is 5.75 Å².